The molecule has 3 fully saturated rings. The summed E-state index contributed by atoms with van der Waals surface area (Å²) in [7, 11) is 0. The lowest BCUT2D eigenvalue weighted by molar-refractivity contribution is -0.0543. The standard InChI is InChI=1S/C19H36N2/c1-3-10-17(2)21-16-18(11-6-4-7-12-18)20-15-19(21)13-8-5-9-14-19/h17,20H,3-16H2,1-2H3. The first-order chi connectivity index (χ1) is 10.2. The van der Waals surface area contributed by atoms with E-state index >= 15 is 0 Å². The molecule has 1 unspecified atom stereocenters. The van der Waals surface area contributed by atoms with E-state index in [-0.39, 0.29) is 0 Å². The van der Waals surface area contributed by atoms with Crippen molar-refractivity contribution in [1.82, 2.24) is 10.2 Å². The van der Waals surface area contributed by atoms with Crippen molar-refractivity contribution in [2.75, 3.05) is 13.1 Å². The van der Waals surface area contributed by atoms with Crippen LogP contribution in [0.3, 0.4) is 0 Å². The molecule has 3 aliphatic rings. The Morgan fingerprint density at radius 3 is 2.19 bits per heavy atom. The Morgan fingerprint density at radius 1 is 0.952 bits per heavy atom. The second kappa shape index (κ2) is 6.58. The van der Waals surface area contributed by atoms with Crippen LogP contribution in [0.1, 0.15) is 90.9 Å². The van der Waals surface area contributed by atoms with Gasteiger partial charge in [0.05, 0.1) is 0 Å². The molecule has 1 aliphatic heterocycles. The molecule has 2 spiro atoms. The Bertz CT molecular complexity index is 326. The van der Waals surface area contributed by atoms with Gasteiger partial charge in [0.25, 0.3) is 0 Å². The SMILES string of the molecule is CCCC(C)N1CC2(CCCCC2)NCC12CCCCC2. The van der Waals surface area contributed by atoms with Gasteiger partial charge in [0.15, 0.2) is 0 Å². The van der Waals surface area contributed by atoms with Crippen LogP contribution in [-0.4, -0.2) is 35.1 Å². The molecule has 2 nitrogen and oxygen atoms in total. The molecule has 0 bridgehead atoms. The van der Waals surface area contributed by atoms with Gasteiger partial charge in [0, 0.05) is 30.2 Å². The Hall–Kier alpha value is -0.0800. The molecule has 0 radical (unpaired) electrons. The monoisotopic (exact) mass is 292 g/mol. The third-order valence-corrected chi connectivity index (χ3v) is 6.71. The van der Waals surface area contributed by atoms with Crippen LogP contribution in [0.4, 0.5) is 0 Å². The average molecular weight is 293 g/mol. The molecule has 0 aromatic carbocycles. The molecule has 122 valence electrons. The summed E-state index contributed by atoms with van der Waals surface area (Å²) in [6.45, 7) is 7.44. The van der Waals surface area contributed by atoms with Gasteiger partial charge >= 0.3 is 0 Å². The summed E-state index contributed by atoms with van der Waals surface area (Å²) in [4.78, 5) is 2.98. The molecular formula is C19H36N2. The molecular weight excluding hydrogens is 256 g/mol. The fourth-order valence-corrected chi connectivity index (χ4v) is 5.44. The van der Waals surface area contributed by atoms with E-state index in [2.05, 4.69) is 24.1 Å². The number of hydrogen-bond donors (Lipinski definition) is 1. The predicted octanol–water partition coefficient (Wildman–Crippen LogP) is 4.49. The Kier molecular flexibility index (Phi) is 4.95. The lowest BCUT2D eigenvalue weighted by Gasteiger charge is -2.59. The molecule has 1 N–H and O–H groups in total. The Labute approximate surface area is 132 Å². The van der Waals surface area contributed by atoms with Crippen LogP contribution >= 0.6 is 0 Å². The van der Waals surface area contributed by atoms with Gasteiger partial charge in [-0.2, -0.15) is 0 Å². The number of hydrogen-bond acceptors (Lipinski definition) is 2. The van der Waals surface area contributed by atoms with Gasteiger partial charge in [-0.3, -0.25) is 4.90 Å². The summed E-state index contributed by atoms with van der Waals surface area (Å²) in [6.07, 6.45) is 17.1. The third-order valence-electron chi connectivity index (χ3n) is 6.71. The Morgan fingerprint density at radius 2 is 1.57 bits per heavy atom. The van der Waals surface area contributed by atoms with Gasteiger partial charge < -0.3 is 5.32 Å². The largest absolute Gasteiger partial charge is 0.308 e. The third kappa shape index (κ3) is 3.17. The number of nitrogens with zero attached hydrogens (tertiary/aromatic N) is 1. The van der Waals surface area contributed by atoms with Gasteiger partial charge in [-0.05, 0) is 39.0 Å². The number of rotatable bonds is 3. The molecule has 0 amide bonds. The fourth-order valence-electron chi connectivity index (χ4n) is 5.44. The van der Waals surface area contributed by atoms with Gasteiger partial charge in [0.1, 0.15) is 0 Å². The lowest BCUT2D eigenvalue weighted by atomic mass is 9.72. The van der Waals surface area contributed by atoms with E-state index in [1.54, 1.807) is 0 Å². The molecule has 1 saturated heterocycles. The van der Waals surface area contributed by atoms with Gasteiger partial charge in [0.2, 0.25) is 0 Å². The summed E-state index contributed by atoms with van der Waals surface area (Å²) in [6, 6.07) is 0.772. The molecule has 21 heavy (non-hydrogen) atoms. The second-order valence-electron chi connectivity index (χ2n) is 8.25. The molecule has 0 aromatic heterocycles. The summed E-state index contributed by atoms with van der Waals surface area (Å²) < 4.78 is 0. The second-order valence-corrected chi connectivity index (χ2v) is 8.25. The van der Waals surface area contributed by atoms with E-state index in [0.717, 1.165) is 6.04 Å². The Balaban J connectivity index is 1.78. The summed E-state index contributed by atoms with van der Waals surface area (Å²) in [5, 5.41) is 4.08. The molecule has 1 heterocycles. The quantitative estimate of drug-likeness (QED) is 0.824. The van der Waals surface area contributed by atoms with Crippen LogP contribution in [0.25, 0.3) is 0 Å². The van der Waals surface area contributed by atoms with Crippen molar-refractivity contribution in [1.29, 1.82) is 0 Å². The summed E-state index contributed by atoms with van der Waals surface area (Å²) in [5.74, 6) is 0. The van der Waals surface area contributed by atoms with Crippen molar-refractivity contribution in [3.8, 4) is 0 Å². The minimum atomic E-state index is 0.461. The molecule has 3 rings (SSSR count). The van der Waals surface area contributed by atoms with Crippen LogP contribution in [0.5, 0.6) is 0 Å². The van der Waals surface area contributed by atoms with E-state index in [9.17, 15) is 0 Å². The van der Waals surface area contributed by atoms with Crippen LogP contribution in [0.2, 0.25) is 0 Å². The van der Waals surface area contributed by atoms with Crippen LogP contribution in [0, 0.1) is 0 Å². The van der Waals surface area contributed by atoms with Crippen molar-refractivity contribution < 1.29 is 0 Å². The lowest BCUT2D eigenvalue weighted by Crippen LogP contribution is -2.72. The minimum Gasteiger partial charge on any atom is -0.308 e. The fraction of sp³-hybridized carbons (Fsp3) is 1.00. The summed E-state index contributed by atoms with van der Waals surface area (Å²) in [5.41, 5.74) is 0.957. The van der Waals surface area contributed by atoms with Crippen molar-refractivity contribution >= 4 is 0 Å². The smallest absolute Gasteiger partial charge is 0.0337 e. The highest BCUT2D eigenvalue weighted by Gasteiger charge is 2.49. The average Bonchev–Trinajstić information content (AvgIpc) is 2.52. The van der Waals surface area contributed by atoms with Crippen LogP contribution in [-0.2, 0) is 0 Å². The van der Waals surface area contributed by atoms with E-state index in [1.807, 2.05) is 0 Å². The van der Waals surface area contributed by atoms with Crippen molar-refractivity contribution in [2.24, 2.45) is 0 Å². The number of piperazine rings is 1. The van der Waals surface area contributed by atoms with Crippen LogP contribution in [0.15, 0.2) is 0 Å². The minimum absolute atomic E-state index is 0.461. The van der Waals surface area contributed by atoms with E-state index in [4.69, 9.17) is 0 Å². The molecule has 0 aromatic rings. The highest BCUT2D eigenvalue weighted by atomic mass is 15.3. The first kappa shape index (κ1) is 15.8. The first-order valence-electron chi connectivity index (χ1n) is 9.72. The van der Waals surface area contributed by atoms with Crippen molar-refractivity contribution in [3.63, 3.8) is 0 Å². The highest BCUT2D eigenvalue weighted by Crippen LogP contribution is 2.42. The maximum absolute atomic E-state index is 4.08. The molecule has 2 heteroatoms. The van der Waals surface area contributed by atoms with Gasteiger partial charge in [-0.1, -0.05) is 51.9 Å². The number of nitrogens with one attached hydrogen (secondary N) is 1. The predicted molar refractivity (Wildman–Crippen MR) is 90.7 cm³/mol. The zero-order chi connectivity index (χ0) is 14.8. The summed E-state index contributed by atoms with van der Waals surface area (Å²) >= 11 is 0. The maximum atomic E-state index is 4.08. The molecule has 2 saturated carbocycles. The van der Waals surface area contributed by atoms with Gasteiger partial charge in [-0.15, -0.1) is 0 Å². The first-order valence-corrected chi connectivity index (χ1v) is 9.72. The van der Waals surface area contributed by atoms with E-state index in [0.29, 0.717) is 11.1 Å². The van der Waals surface area contributed by atoms with Crippen LogP contribution < -0.4 is 5.32 Å². The molecule has 2 aliphatic carbocycles. The van der Waals surface area contributed by atoms with E-state index in [1.165, 1.54) is 90.1 Å². The topological polar surface area (TPSA) is 15.3 Å². The maximum Gasteiger partial charge on any atom is 0.0337 e. The van der Waals surface area contributed by atoms with E-state index < -0.39 is 0 Å². The van der Waals surface area contributed by atoms with Crippen molar-refractivity contribution in [3.05, 3.63) is 0 Å². The van der Waals surface area contributed by atoms with Gasteiger partial charge in [-0.25, -0.2) is 0 Å². The normalized spacial score (nSPS) is 30.6. The van der Waals surface area contributed by atoms with Crippen molar-refractivity contribution in [2.45, 2.75) is 108 Å². The molecule has 1 atom stereocenters. The zero-order valence-electron chi connectivity index (χ0n) is 14.4. The zero-order valence-corrected chi connectivity index (χ0v) is 14.4. The highest BCUT2D eigenvalue weighted by molar-refractivity contribution is 5.08.